The highest BCUT2D eigenvalue weighted by Crippen LogP contribution is 2.44. The highest BCUT2D eigenvalue weighted by atomic mass is 28.3. The minimum absolute atomic E-state index is 0.611. The lowest BCUT2D eigenvalue weighted by molar-refractivity contribution is 0.802. The first kappa shape index (κ1) is 44.6. The Morgan fingerprint density at radius 2 is 0.742 bits per heavy atom. The molecule has 0 amide bonds. The van der Waals surface area contributed by atoms with Crippen molar-refractivity contribution in [2.75, 3.05) is 0 Å². The lowest BCUT2D eigenvalue weighted by Gasteiger charge is -2.44. The van der Waals surface area contributed by atoms with Crippen molar-refractivity contribution in [2.24, 2.45) is 0 Å². The van der Waals surface area contributed by atoms with E-state index in [-0.39, 0.29) is 0 Å². The van der Waals surface area contributed by atoms with Crippen LogP contribution < -0.4 is 5.19 Å². The van der Waals surface area contributed by atoms with Crippen molar-refractivity contribution < 1.29 is 0 Å². The molecular formula is C65H62Si. The zero-order valence-electron chi connectivity index (χ0n) is 40.3. The fourth-order valence-electron chi connectivity index (χ4n) is 12.1. The molecule has 0 N–H and O–H groups in total. The minimum atomic E-state index is -1.98. The summed E-state index contributed by atoms with van der Waals surface area (Å²) in [6.07, 6.45) is 12.7. The predicted octanol–water partition coefficient (Wildman–Crippen LogP) is 17.0. The molecule has 0 atom stereocenters. The van der Waals surface area contributed by atoms with Gasteiger partial charge in [-0.25, -0.2) is 0 Å². The summed E-state index contributed by atoms with van der Waals surface area (Å²) in [4.78, 5) is 0. The van der Waals surface area contributed by atoms with Crippen molar-refractivity contribution in [1.82, 2.24) is 0 Å². The van der Waals surface area contributed by atoms with Gasteiger partial charge in [-0.2, -0.15) is 0 Å². The van der Waals surface area contributed by atoms with Gasteiger partial charge >= 0.3 is 0 Å². The van der Waals surface area contributed by atoms with Crippen molar-refractivity contribution in [3.8, 4) is 36.0 Å². The van der Waals surface area contributed by atoms with E-state index in [1.807, 2.05) is 0 Å². The van der Waals surface area contributed by atoms with Crippen LogP contribution >= 0.6 is 0 Å². The monoisotopic (exact) mass is 870 g/mol. The lowest BCUT2D eigenvalue weighted by atomic mass is 9.89. The van der Waals surface area contributed by atoms with Gasteiger partial charge in [0, 0.05) is 27.8 Å². The quantitative estimate of drug-likeness (QED) is 0.0730. The third-order valence-electron chi connectivity index (χ3n) is 14.9. The van der Waals surface area contributed by atoms with Gasteiger partial charge in [-0.3, -0.25) is 0 Å². The average Bonchev–Trinajstić information content (AvgIpc) is 3.32. The van der Waals surface area contributed by atoms with Crippen LogP contribution in [0.2, 0.25) is 16.6 Å². The topological polar surface area (TPSA) is 0 Å². The first-order chi connectivity index (χ1) is 32.1. The molecule has 9 aromatic carbocycles. The van der Waals surface area contributed by atoms with E-state index < -0.39 is 8.07 Å². The first-order valence-corrected chi connectivity index (χ1v) is 26.8. The fraction of sp³-hybridized carbons (Fsp3) is 0.262. The molecule has 0 saturated carbocycles. The second kappa shape index (κ2) is 18.7. The van der Waals surface area contributed by atoms with Crippen LogP contribution in [0.15, 0.2) is 133 Å². The zero-order valence-corrected chi connectivity index (χ0v) is 41.3. The SMILES string of the molecule is C#Cc1cccc2c(CCCC)c3cccc(C#Cc4c5ccccc5c(C#Cc5cccc6c(CCCC)c7cccc([Si](C(C)C)(C(C)C)C(C)C)c7cc56)c5ccccc45)c3cc12. The van der Waals surface area contributed by atoms with Crippen molar-refractivity contribution in [3.05, 3.63) is 172 Å². The largest absolute Gasteiger partial charge is 0.115 e. The number of benzene rings is 9. The van der Waals surface area contributed by atoms with Crippen molar-refractivity contribution in [2.45, 2.75) is 111 Å². The van der Waals surface area contributed by atoms with Gasteiger partial charge in [0.15, 0.2) is 0 Å². The molecule has 0 fully saturated rings. The molecule has 326 valence electrons. The van der Waals surface area contributed by atoms with Crippen LogP contribution in [0.5, 0.6) is 0 Å². The Kier molecular flexibility index (Phi) is 12.7. The summed E-state index contributed by atoms with van der Waals surface area (Å²) < 4.78 is 0. The molecule has 9 rings (SSSR count). The molecule has 0 aromatic heterocycles. The van der Waals surface area contributed by atoms with Crippen LogP contribution in [0.4, 0.5) is 0 Å². The molecule has 0 unspecified atom stereocenters. The standard InChI is InChI=1S/C65H62Si/c1-10-13-26-49-55-32-19-23-46(12-3)61(55)41-62-47(24-20-33-56(49)62)37-39-59-51-28-15-17-30-53(51)60(54-31-18-16-29-52(54)59)40-38-48-25-21-34-57-50(27-14-11-2)58-35-22-36-65(64(58)42-63(48)57)66(43(4)5,44(6)7)45(8)9/h3,15-25,28-36,41-45H,10-11,13-14,26-27H2,1-2,4-9H3. The predicted molar refractivity (Wildman–Crippen MR) is 292 cm³/mol. The molecule has 0 bridgehead atoms. The van der Waals surface area contributed by atoms with E-state index in [9.17, 15) is 0 Å². The number of aryl methyl sites for hydroxylation is 2. The van der Waals surface area contributed by atoms with Crippen LogP contribution in [0, 0.1) is 36.0 Å². The number of unbranched alkanes of at least 4 members (excludes halogenated alkanes) is 2. The molecule has 0 spiro atoms. The first-order valence-electron chi connectivity index (χ1n) is 24.5. The Balaban J connectivity index is 1.25. The Bertz CT molecular complexity index is 3430. The second-order valence-electron chi connectivity index (χ2n) is 19.4. The summed E-state index contributed by atoms with van der Waals surface area (Å²) in [7, 11) is -1.98. The van der Waals surface area contributed by atoms with E-state index in [1.165, 1.54) is 43.4 Å². The van der Waals surface area contributed by atoms with Crippen LogP contribution in [0.25, 0.3) is 64.6 Å². The van der Waals surface area contributed by atoms with E-state index in [2.05, 4.69) is 218 Å². The maximum absolute atomic E-state index is 6.08. The number of hydrogen-bond donors (Lipinski definition) is 0. The van der Waals surface area contributed by atoms with Crippen LogP contribution in [0.1, 0.15) is 120 Å². The van der Waals surface area contributed by atoms with Crippen LogP contribution in [-0.4, -0.2) is 8.07 Å². The van der Waals surface area contributed by atoms with E-state index in [0.29, 0.717) is 16.6 Å². The number of rotatable bonds is 10. The number of hydrogen-bond acceptors (Lipinski definition) is 0. The van der Waals surface area contributed by atoms with Crippen LogP contribution in [-0.2, 0) is 12.8 Å². The molecule has 9 aromatic rings. The van der Waals surface area contributed by atoms with Gasteiger partial charge in [-0.15, -0.1) is 6.42 Å². The molecule has 0 saturated heterocycles. The van der Waals surface area contributed by atoms with Crippen molar-refractivity contribution in [3.63, 3.8) is 0 Å². The summed E-state index contributed by atoms with van der Waals surface area (Å²) in [5.74, 6) is 18.0. The van der Waals surface area contributed by atoms with Gasteiger partial charge in [0.2, 0.25) is 0 Å². The van der Waals surface area contributed by atoms with Gasteiger partial charge < -0.3 is 0 Å². The van der Waals surface area contributed by atoms with Gasteiger partial charge in [-0.1, -0.05) is 206 Å². The fourth-order valence-corrected chi connectivity index (χ4v) is 19.0. The molecule has 1 heteroatoms. The summed E-state index contributed by atoms with van der Waals surface area (Å²) in [6, 6.07) is 49.2. The third kappa shape index (κ3) is 7.57. The van der Waals surface area contributed by atoms with E-state index in [4.69, 9.17) is 6.42 Å². The highest BCUT2D eigenvalue weighted by molar-refractivity contribution is 6.96. The minimum Gasteiger partial charge on any atom is -0.115 e. The molecule has 0 aliphatic rings. The molecule has 0 aliphatic carbocycles. The zero-order chi connectivity index (χ0) is 46.1. The highest BCUT2D eigenvalue weighted by Gasteiger charge is 2.45. The summed E-state index contributed by atoms with van der Waals surface area (Å²) in [5, 5.41) is 16.3. The molecule has 0 nitrogen and oxygen atoms in total. The maximum atomic E-state index is 6.08. The average molecular weight is 871 g/mol. The van der Waals surface area contributed by atoms with Crippen molar-refractivity contribution >= 4 is 77.9 Å². The molecule has 0 radical (unpaired) electrons. The van der Waals surface area contributed by atoms with Gasteiger partial charge in [0.05, 0.1) is 8.07 Å². The van der Waals surface area contributed by atoms with E-state index in [0.717, 1.165) is 98.7 Å². The normalized spacial score (nSPS) is 11.8. The Labute approximate surface area is 394 Å². The van der Waals surface area contributed by atoms with Gasteiger partial charge in [0.1, 0.15) is 0 Å². The van der Waals surface area contributed by atoms with Crippen LogP contribution in [0.3, 0.4) is 0 Å². The number of terminal acetylenes is 1. The molecular weight excluding hydrogens is 809 g/mol. The Morgan fingerprint density at radius 1 is 0.394 bits per heavy atom. The summed E-state index contributed by atoms with van der Waals surface area (Å²) >= 11 is 0. The smallest absolute Gasteiger partial charge is 0.0950 e. The molecule has 0 heterocycles. The molecule has 0 aliphatic heterocycles. The maximum Gasteiger partial charge on any atom is 0.0950 e. The molecule has 66 heavy (non-hydrogen) atoms. The second-order valence-corrected chi connectivity index (χ2v) is 25.3. The Hall–Kier alpha value is -6.56. The van der Waals surface area contributed by atoms with E-state index in [1.54, 1.807) is 5.19 Å². The van der Waals surface area contributed by atoms with Gasteiger partial charge in [0.25, 0.3) is 0 Å². The third-order valence-corrected chi connectivity index (χ3v) is 22.0. The number of fused-ring (bicyclic) bond motifs is 6. The summed E-state index contributed by atoms with van der Waals surface area (Å²) in [6.45, 7) is 19.5. The van der Waals surface area contributed by atoms with Gasteiger partial charge in [-0.05, 0) is 148 Å². The Morgan fingerprint density at radius 3 is 1.14 bits per heavy atom. The summed E-state index contributed by atoms with van der Waals surface area (Å²) in [5.41, 5.74) is 9.75. The van der Waals surface area contributed by atoms with E-state index >= 15 is 0 Å². The van der Waals surface area contributed by atoms with Crippen molar-refractivity contribution in [1.29, 1.82) is 0 Å². The lowest BCUT2D eigenvalue weighted by Crippen LogP contribution is -2.55.